The molecule has 0 atom stereocenters. The van der Waals surface area contributed by atoms with E-state index in [0.29, 0.717) is 12.4 Å². The van der Waals surface area contributed by atoms with Gasteiger partial charge in [0.1, 0.15) is 6.33 Å². The van der Waals surface area contributed by atoms with Crippen LogP contribution in [0.2, 0.25) is 0 Å². The number of carbonyl (C=O) groups excluding carboxylic acids is 1. The predicted molar refractivity (Wildman–Crippen MR) is 65.1 cm³/mol. The Kier molecular flexibility index (Phi) is 3.52. The van der Waals surface area contributed by atoms with Gasteiger partial charge in [-0.1, -0.05) is 0 Å². The fourth-order valence-electron chi connectivity index (χ4n) is 1.39. The highest BCUT2D eigenvalue weighted by atomic mass is 16.2. The Labute approximate surface area is 104 Å². The van der Waals surface area contributed by atoms with E-state index in [4.69, 9.17) is 0 Å². The Morgan fingerprint density at radius 3 is 3.00 bits per heavy atom. The number of nitrogens with zero attached hydrogens (tertiary/aromatic N) is 5. The third-order valence-corrected chi connectivity index (χ3v) is 2.31. The molecule has 2 aromatic heterocycles. The molecule has 0 unspecified atom stereocenters. The van der Waals surface area contributed by atoms with Gasteiger partial charge in [-0.25, -0.2) is 14.5 Å². The van der Waals surface area contributed by atoms with Gasteiger partial charge in [0.2, 0.25) is 0 Å². The molecule has 1 N–H and O–H groups in total. The summed E-state index contributed by atoms with van der Waals surface area (Å²) in [6.45, 7) is 0.311. The number of rotatable bonds is 3. The number of aromatic nitrogens is 4. The summed E-state index contributed by atoms with van der Waals surface area (Å²) in [4.78, 5) is 21.0. The van der Waals surface area contributed by atoms with Gasteiger partial charge in [0.05, 0.1) is 18.4 Å². The van der Waals surface area contributed by atoms with Crippen LogP contribution in [-0.4, -0.2) is 44.8 Å². The number of amides is 2. The maximum Gasteiger partial charge on any atom is 0.317 e. The fourth-order valence-corrected chi connectivity index (χ4v) is 1.39. The van der Waals surface area contributed by atoms with Crippen molar-refractivity contribution in [2.24, 2.45) is 0 Å². The lowest BCUT2D eigenvalue weighted by molar-refractivity contribution is 0.216. The predicted octanol–water partition coefficient (Wildman–Crippen LogP) is 0.433. The fraction of sp³-hybridized carbons (Fsp3) is 0.273. The molecule has 18 heavy (non-hydrogen) atoms. The van der Waals surface area contributed by atoms with E-state index in [9.17, 15) is 4.79 Å². The molecule has 0 radical (unpaired) electrons. The van der Waals surface area contributed by atoms with Crippen LogP contribution in [0.3, 0.4) is 0 Å². The molecule has 0 aliphatic rings. The summed E-state index contributed by atoms with van der Waals surface area (Å²) >= 11 is 0. The maximum absolute atomic E-state index is 11.4. The minimum absolute atomic E-state index is 0.171. The molecule has 0 aliphatic heterocycles. The van der Waals surface area contributed by atoms with E-state index in [-0.39, 0.29) is 6.03 Å². The van der Waals surface area contributed by atoms with E-state index in [1.165, 1.54) is 11.2 Å². The SMILES string of the molecule is CN(C)C(=O)NCc1ncnn1-c1cccnc1. The molecular weight excluding hydrogens is 232 g/mol. The number of carbonyl (C=O) groups is 1. The average Bonchev–Trinajstić information content (AvgIpc) is 2.85. The lowest BCUT2D eigenvalue weighted by Crippen LogP contribution is -2.34. The van der Waals surface area contributed by atoms with Crippen molar-refractivity contribution in [3.05, 3.63) is 36.7 Å². The summed E-state index contributed by atoms with van der Waals surface area (Å²) in [6.07, 6.45) is 4.82. The molecule has 0 fully saturated rings. The first-order chi connectivity index (χ1) is 8.68. The normalized spacial score (nSPS) is 10.1. The van der Waals surface area contributed by atoms with Gasteiger partial charge in [-0.15, -0.1) is 0 Å². The van der Waals surface area contributed by atoms with E-state index < -0.39 is 0 Å². The zero-order chi connectivity index (χ0) is 13.0. The van der Waals surface area contributed by atoms with Crippen molar-refractivity contribution < 1.29 is 4.79 Å². The Balaban J connectivity index is 2.12. The second kappa shape index (κ2) is 5.26. The van der Waals surface area contributed by atoms with Crippen LogP contribution in [0, 0.1) is 0 Å². The third-order valence-electron chi connectivity index (χ3n) is 2.31. The molecule has 0 aromatic carbocycles. The monoisotopic (exact) mass is 246 g/mol. The van der Waals surface area contributed by atoms with Crippen LogP contribution in [0.1, 0.15) is 5.82 Å². The summed E-state index contributed by atoms with van der Waals surface area (Å²) in [5, 5.41) is 6.85. The Hall–Kier alpha value is -2.44. The van der Waals surface area contributed by atoms with E-state index in [1.807, 2.05) is 12.1 Å². The molecule has 0 aliphatic carbocycles. The highest BCUT2D eigenvalue weighted by molar-refractivity contribution is 5.73. The molecule has 2 heterocycles. The Morgan fingerprint density at radius 2 is 2.33 bits per heavy atom. The summed E-state index contributed by atoms with van der Waals surface area (Å²) in [5.74, 6) is 0.651. The lowest BCUT2D eigenvalue weighted by Gasteiger charge is -2.12. The lowest BCUT2D eigenvalue weighted by atomic mass is 10.4. The largest absolute Gasteiger partial charge is 0.331 e. The first kappa shape index (κ1) is 12.0. The van der Waals surface area contributed by atoms with Crippen molar-refractivity contribution in [2.45, 2.75) is 6.54 Å². The van der Waals surface area contributed by atoms with Crippen LogP contribution in [-0.2, 0) is 6.54 Å². The van der Waals surface area contributed by atoms with Crippen LogP contribution in [0.15, 0.2) is 30.9 Å². The standard InChI is InChI=1S/C11H14N6O/c1-16(2)11(18)13-7-10-14-8-15-17(10)9-4-3-5-12-6-9/h3-6,8H,7H2,1-2H3,(H,13,18). The average molecular weight is 246 g/mol. The van der Waals surface area contributed by atoms with E-state index >= 15 is 0 Å². The minimum Gasteiger partial charge on any atom is -0.331 e. The van der Waals surface area contributed by atoms with E-state index in [1.54, 1.807) is 31.2 Å². The van der Waals surface area contributed by atoms with Gasteiger partial charge < -0.3 is 10.2 Å². The van der Waals surface area contributed by atoms with E-state index in [2.05, 4.69) is 20.4 Å². The van der Waals surface area contributed by atoms with Crippen molar-refractivity contribution in [3.63, 3.8) is 0 Å². The Bertz CT molecular complexity index is 521. The van der Waals surface area contributed by atoms with Gasteiger partial charge in [0, 0.05) is 20.3 Å². The molecule has 2 aromatic rings. The smallest absolute Gasteiger partial charge is 0.317 e. The van der Waals surface area contributed by atoms with Crippen LogP contribution < -0.4 is 5.32 Å². The van der Waals surface area contributed by atoms with Crippen molar-refractivity contribution in [1.82, 2.24) is 30.0 Å². The summed E-state index contributed by atoms with van der Waals surface area (Å²) in [6, 6.07) is 3.52. The van der Waals surface area contributed by atoms with Gasteiger partial charge in [-0.2, -0.15) is 5.10 Å². The summed E-state index contributed by atoms with van der Waals surface area (Å²) < 4.78 is 1.64. The zero-order valence-electron chi connectivity index (χ0n) is 10.2. The van der Waals surface area contributed by atoms with Crippen LogP contribution in [0.4, 0.5) is 4.79 Å². The van der Waals surface area contributed by atoms with Crippen LogP contribution >= 0.6 is 0 Å². The number of pyridine rings is 1. The number of hydrogen-bond acceptors (Lipinski definition) is 4. The molecular formula is C11H14N6O. The molecule has 0 bridgehead atoms. The third kappa shape index (κ3) is 2.62. The van der Waals surface area contributed by atoms with Gasteiger partial charge in [-0.3, -0.25) is 4.98 Å². The zero-order valence-corrected chi connectivity index (χ0v) is 10.2. The molecule has 0 saturated carbocycles. The Morgan fingerprint density at radius 1 is 1.50 bits per heavy atom. The maximum atomic E-state index is 11.4. The molecule has 2 amide bonds. The van der Waals surface area contributed by atoms with Crippen LogP contribution in [0.5, 0.6) is 0 Å². The molecule has 0 saturated heterocycles. The van der Waals surface area contributed by atoms with Gasteiger partial charge in [0.25, 0.3) is 0 Å². The van der Waals surface area contributed by atoms with Gasteiger partial charge >= 0.3 is 6.03 Å². The van der Waals surface area contributed by atoms with Crippen molar-refractivity contribution in [3.8, 4) is 5.69 Å². The second-order valence-electron chi connectivity index (χ2n) is 3.85. The van der Waals surface area contributed by atoms with Gasteiger partial charge in [0.15, 0.2) is 5.82 Å². The first-order valence-corrected chi connectivity index (χ1v) is 5.43. The molecule has 7 nitrogen and oxygen atoms in total. The highest BCUT2D eigenvalue weighted by Gasteiger charge is 2.09. The quantitative estimate of drug-likeness (QED) is 0.852. The van der Waals surface area contributed by atoms with Crippen molar-refractivity contribution in [1.29, 1.82) is 0 Å². The number of nitrogens with one attached hydrogen (secondary N) is 1. The first-order valence-electron chi connectivity index (χ1n) is 5.43. The summed E-state index contributed by atoms with van der Waals surface area (Å²) in [7, 11) is 3.36. The second-order valence-corrected chi connectivity index (χ2v) is 3.85. The molecule has 0 spiro atoms. The van der Waals surface area contributed by atoms with Crippen molar-refractivity contribution >= 4 is 6.03 Å². The molecule has 7 heteroatoms. The number of hydrogen-bond donors (Lipinski definition) is 1. The van der Waals surface area contributed by atoms with Crippen molar-refractivity contribution in [2.75, 3.05) is 14.1 Å². The van der Waals surface area contributed by atoms with Crippen LogP contribution in [0.25, 0.3) is 5.69 Å². The molecule has 94 valence electrons. The highest BCUT2D eigenvalue weighted by Crippen LogP contribution is 2.05. The van der Waals surface area contributed by atoms with Gasteiger partial charge in [-0.05, 0) is 12.1 Å². The van der Waals surface area contributed by atoms with E-state index in [0.717, 1.165) is 5.69 Å². The topological polar surface area (TPSA) is 75.9 Å². The minimum atomic E-state index is -0.171. The molecule has 2 rings (SSSR count). The summed E-state index contributed by atoms with van der Waals surface area (Å²) in [5.41, 5.74) is 0.809. The number of urea groups is 1.